The highest BCUT2D eigenvalue weighted by molar-refractivity contribution is 6.09. The molecule has 134 valence electrons. The summed E-state index contributed by atoms with van der Waals surface area (Å²) >= 11 is 0. The summed E-state index contributed by atoms with van der Waals surface area (Å²) in [6.45, 7) is 0.247. The Balaban J connectivity index is 1.47. The first-order valence-electron chi connectivity index (χ1n) is 8.76. The average molecular weight is 351 g/mol. The van der Waals surface area contributed by atoms with Crippen LogP contribution in [0.15, 0.2) is 54.6 Å². The molecule has 1 amide bonds. The molecule has 0 aromatic heterocycles. The van der Waals surface area contributed by atoms with Crippen LogP contribution >= 0.6 is 0 Å². The molecule has 1 N–H and O–H groups in total. The molecule has 0 spiro atoms. The maximum Gasteiger partial charge on any atom is 0.306 e. The summed E-state index contributed by atoms with van der Waals surface area (Å²) in [5, 5.41) is 2.81. The normalized spacial score (nSPS) is 16.4. The Kier molecular flexibility index (Phi) is 5.79. The molecular formula is C21H21NO4. The standard InChI is InChI=1S/C21H21NO4/c23-19-13-16(21(25)22-18-11-5-4-10-17(18)19)9-6-12-20(24)26-14-15-7-2-1-3-8-15/h1-5,7-8,10-11,16H,6,9,12-14H2,(H,22,25). The van der Waals surface area contributed by atoms with Crippen molar-refractivity contribution in [2.45, 2.75) is 32.3 Å². The summed E-state index contributed by atoms with van der Waals surface area (Å²) in [5.41, 5.74) is 2.05. The van der Waals surface area contributed by atoms with Crippen molar-refractivity contribution in [1.82, 2.24) is 0 Å². The highest BCUT2D eigenvalue weighted by Crippen LogP contribution is 2.26. The third-order valence-corrected chi connectivity index (χ3v) is 4.46. The minimum absolute atomic E-state index is 0.0457. The van der Waals surface area contributed by atoms with Crippen molar-refractivity contribution in [3.05, 3.63) is 65.7 Å². The minimum Gasteiger partial charge on any atom is -0.461 e. The number of Topliss-reactive ketones (excluding diaryl/α,β-unsaturated/α-hetero) is 1. The lowest BCUT2D eigenvalue weighted by atomic mass is 9.94. The van der Waals surface area contributed by atoms with Gasteiger partial charge in [-0.1, -0.05) is 42.5 Å². The molecule has 5 nitrogen and oxygen atoms in total. The first-order valence-corrected chi connectivity index (χ1v) is 8.76. The first-order chi connectivity index (χ1) is 12.6. The van der Waals surface area contributed by atoms with Gasteiger partial charge in [-0.15, -0.1) is 0 Å². The Bertz CT molecular complexity index is 801. The Hall–Kier alpha value is -2.95. The van der Waals surface area contributed by atoms with Crippen LogP contribution in [0.25, 0.3) is 0 Å². The van der Waals surface area contributed by atoms with Crippen molar-refractivity contribution in [2.24, 2.45) is 5.92 Å². The zero-order chi connectivity index (χ0) is 18.4. The summed E-state index contributed by atoms with van der Waals surface area (Å²) in [7, 11) is 0. The van der Waals surface area contributed by atoms with Gasteiger partial charge in [0.25, 0.3) is 0 Å². The number of hydrogen-bond donors (Lipinski definition) is 1. The van der Waals surface area contributed by atoms with Gasteiger partial charge in [0, 0.05) is 24.3 Å². The molecule has 5 heteroatoms. The largest absolute Gasteiger partial charge is 0.461 e. The van der Waals surface area contributed by atoms with Crippen LogP contribution in [0, 0.1) is 5.92 Å². The van der Waals surface area contributed by atoms with Gasteiger partial charge in [-0.25, -0.2) is 0 Å². The Morgan fingerprint density at radius 1 is 1.04 bits per heavy atom. The van der Waals surface area contributed by atoms with Gasteiger partial charge in [-0.2, -0.15) is 0 Å². The summed E-state index contributed by atoms with van der Waals surface area (Å²) in [6, 6.07) is 16.5. The van der Waals surface area contributed by atoms with Gasteiger partial charge in [0.15, 0.2) is 5.78 Å². The summed E-state index contributed by atoms with van der Waals surface area (Å²) < 4.78 is 5.23. The van der Waals surface area contributed by atoms with Crippen molar-refractivity contribution < 1.29 is 19.1 Å². The Morgan fingerprint density at radius 2 is 1.77 bits per heavy atom. The number of para-hydroxylation sites is 1. The molecule has 0 saturated carbocycles. The van der Waals surface area contributed by atoms with Crippen molar-refractivity contribution in [3.8, 4) is 0 Å². The van der Waals surface area contributed by atoms with E-state index >= 15 is 0 Å². The van der Waals surface area contributed by atoms with Crippen LogP contribution in [0.2, 0.25) is 0 Å². The van der Waals surface area contributed by atoms with Crippen LogP contribution in [0.5, 0.6) is 0 Å². The van der Waals surface area contributed by atoms with Gasteiger partial charge in [0.05, 0.1) is 5.69 Å². The fraction of sp³-hybridized carbons (Fsp3) is 0.286. The highest BCUT2D eigenvalue weighted by Gasteiger charge is 2.28. The van der Waals surface area contributed by atoms with E-state index in [9.17, 15) is 14.4 Å². The number of carbonyl (C=O) groups excluding carboxylic acids is 3. The molecule has 1 aliphatic rings. The second-order valence-electron chi connectivity index (χ2n) is 6.40. The number of amides is 1. The van der Waals surface area contributed by atoms with E-state index in [1.165, 1.54) is 0 Å². The van der Waals surface area contributed by atoms with E-state index in [-0.39, 0.29) is 37.1 Å². The molecule has 1 aliphatic heterocycles. The third kappa shape index (κ3) is 4.57. The number of fused-ring (bicyclic) bond motifs is 1. The van der Waals surface area contributed by atoms with Gasteiger partial charge < -0.3 is 10.1 Å². The number of ketones is 1. The van der Waals surface area contributed by atoms with E-state index < -0.39 is 5.92 Å². The van der Waals surface area contributed by atoms with Crippen LogP contribution < -0.4 is 5.32 Å². The van der Waals surface area contributed by atoms with Crippen LogP contribution in [-0.2, 0) is 20.9 Å². The van der Waals surface area contributed by atoms with E-state index in [1.807, 2.05) is 30.3 Å². The van der Waals surface area contributed by atoms with Crippen molar-refractivity contribution in [2.75, 3.05) is 5.32 Å². The minimum atomic E-state index is -0.420. The predicted molar refractivity (Wildman–Crippen MR) is 97.6 cm³/mol. The number of anilines is 1. The quantitative estimate of drug-likeness (QED) is 0.805. The number of nitrogens with one attached hydrogen (secondary N) is 1. The molecule has 2 aromatic rings. The topological polar surface area (TPSA) is 72.5 Å². The maximum absolute atomic E-state index is 12.3. The highest BCUT2D eigenvalue weighted by atomic mass is 16.5. The second kappa shape index (κ2) is 8.43. The molecule has 0 radical (unpaired) electrons. The lowest BCUT2D eigenvalue weighted by molar-refractivity contribution is -0.145. The number of ether oxygens (including phenoxy) is 1. The average Bonchev–Trinajstić information content (AvgIpc) is 2.77. The number of esters is 1. The van der Waals surface area contributed by atoms with Gasteiger partial charge in [0.2, 0.25) is 5.91 Å². The zero-order valence-corrected chi connectivity index (χ0v) is 14.4. The smallest absolute Gasteiger partial charge is 0.306 e. The molecule has 3 rings (SSSR count). The molecule has 1 atom stereocenters. The van der Waals surface area contributed by atoms with E-state index in [0.717, 1.165) is 5.56 Å². The summed E-state index contributed by atoms with van der Waals surface area (Å²) in [6.07, 6.45) is 1.39. The number of carbonyl (C=O) groups is 3. The first kappa shape index (κ1) is 17.9. The SMILES string of the molecule is O=C(CCCC1CC(=O)c2ccccc2NC1=O)OCc1ccccc1. The molecule has 0 fully saturated rings. The van der Waals surface area contributed by atoms with Crippen molar-refractivity contribution in [3.63, 3.8) is 0 Å². The molecule has 0 saturated heterocycles. The molecule has 1 heterocycles. The van der Waals surface area contributed by atoms with E-state index in [2.05, 4.69) is 5.32 Å². The van der Waals surface area contributed by atoms with Gasteiger partial charge in [-0.3, -0.25) is 14.4 Å². The lowest BCUT2D eigenvalue weighted by Crippen LogP contribution is -2.22. The lowest BCUT2D eigenvalue weighted by Gasteiger charge is -2.12. The predicted octanol–water partition coefficient (Wildman–Crippen LogP) is 3.74. The van der Waals surface area contributed by atoms with Gasteiger partial charge in [-0.05, 0) is 30.5 Å². The molecule has 1 unspecified atom stereocenters. The maximum atomic E-state index is 12.3. The van der Waals surface area contributed by atoms with Crippen LogP contribution in [0.1, 0.15) is 41.6 Å². The molecule has 0 aliphatic carbocycles. The van der Waals surface area contributed by atoms with Gasteiger partial charge >= 0.3 is 5.97 Å². The molecule has 2 aromatic carbocycles. The Labute approximate surface area is 152 Å². The molecule has 26 heavy (non-hydrogen) atoms. The summed E-state index contributed by atoms with van der Waals surface area (Å²) in [5.74, 6) is -0.925. The second-order valence-corrected chi connectivity index (χ2v) is 6.40. The van der Waals surface area contributed by atoms with Crippen molar-refractivity contribution >= 4 is 23.3 Å². The zero-order valence-electron chi connectivity index (χ0n) is 14.4. The fourth-order valence-corrected chi connectivity index (χ4v) is 3.03. The Morgan fingerprint density at radius 3 is 2.58 bits per heavy atom. The number of benzene rings is 2. The third-order valence-electron chi connectivity index (χ3n) is 4.46. The number of hydrogen-bond acceptors (Lipinski definition) is 4. The monoisotopic (exact) mass is 351 g/mol. The van der Waals surface area contributed by atoms with E-state index in [1.54, 1.807) is 24.3 Å². The van der Waals surface area contributed by atoms with E-state index in [0.29, 0.717) is 24.1 Å². The van der Waals surface area contributed by atoms with Gasteiger partial charge in [0.1, 0.15) is 6.61 Å². The molecular weight excluding hydrogens is 330 g/mol. The van der Waals surface area contributed by atoms with Crippen LogP contribution in [0.4, 0.5) is 5.69 Å². The van der Waals surface area contributed by atoms with Crippen LogP contribution in [-0.4, -0.2) is 17.7 Å². The van der Waals surface area contributed by atoms with Crippen LogP contribution in [0.3, 0.4) is 0 Å². The number of rotatable bonds is 6. The summed E-state index contributed by atoms with van der Waals surface area (Å²) in [4.78, 5) is 36.5. The van der Waals surface area contributed by atoms with E-state index in [4.69, 9.17) is 4.74 Å². The molecule has 0 bridgehead atoms. The fourth-order valence-electron chi connectivity index (χ4n) is 3.03. The van der Waals surface area contributed by atoms with Crippen molar-refractivity contribution in [1.29, 1.82) is 0 Å².